The molecule has 8 nitrogen and oxygen atoms in total. The van der Waals surface area contributed by atoms with E-state index in [1.165, 1.54) is 0 Å². The zero-order valence-electron chi connectivity index (χ0n) is 13.8. The maximum absolute atomic E-state index is 11.9. The molecule has 128 valence electrons. The quantitative estimate of drug-likeness (QED) is 0.616. The van der Waals surface area contributed by atoms with Gasteiger partial charge in [0.15, 0.2) is 0 Å². The van der Waals surface area contributed by atoms with Crippen LogP contribution in [-0.2, 0) is 6.54 Å². The number of nitrogens with zero attached hydrogens (tertiary/aromatic N) is 3. The van der Waals surface area contributed by atoms with Crippen LogP contribution in [0.5, 0.6) is 0 Å². The van der Waals surface area contributed by atoms with Gasteiger partial charge in [-0.05, 0) is 38.5 Å². The Morgan fingerprint density at radius 3 is 2.50 bits per heavy atom. The highest BCUT2D eigenvalue weighted by Gasteiger charge is 2.21. The molecule has 1 aromatic heterocycles. The van der Waals surface area contributed by atoms with Crippen molar-refractivity contribution < 1.29 is 14.8 Å². The number of aliphatic hydroxyl groups excluding tert-OH is 1. The van der Waals surface area contributed by atoms with Crippen molar-refractivity contribution in [1.82, 2.24) is 15.1 Å². The second-order valence-corrected chi connectivity index (χ2v) is 5.69. The van der Waals surface area contributed by atoms with Gasteiger partial charge >= 0.3 is 5.69 Å². The minimum absolute atomic E-state index is 0.0316. The van der Waals surface area contributed by atoms with Crippen LogP contribution in [0.2, 0.25) is 0 Å². The molecule has 0 bridgehead atoms. The lowest BCUT2D eigenvalue weighted by molar-refractivity contribution is -0.386. The summed E-state index contributed by atoms with van der Waals surface area (Å²) in [5.74, 6) is -0.260. The highest BCUT2D eigenvalue weighted by atomic mass is 16.6. The summed E-state index contributed by atoms with van der Waals surface area (Å²) in [6, 6.07) is 6.90. The SMILES string of the molecule is Cc1nn(Cc2ccc(C(=O)NCC(C)O)cc2)c(C)c1[N+](=O)[O-]. The van der Waals surface area contributed by atoms with Crippen LogP contribution in [0, 0.1) is 24.0 Å². The highest BCUT2D eigenvalue weighted by Crippen LogP contribution is 2.22. The van der Waals surface area contributed by atoms with Crippen molar-refractivity contribution in [2.75, 3.05) is 6.54 Å². The number of carbonyl (C=O) groups excluding carboxylic acids is 1. The van der Waals surface area contributed by atoms with E-state index in [1.54, 1.807) is 49.7 Å². The van der Waals surface area contributed by atoms with Gasteiger partial charge in [-0.3, -0.25) is 19.6 Å². The second-order valence-electron chi connectivity index (χ2n) is 5.69. The van der Waals surface area contributed by atoms with E-state index in [2.05, 4.69) is 10.4 Å². The van der Waals surface area contributed by atoms with E-state index in [1.807, 2.05) is 0 Å². The molecule has 1 unspecified atom stereocenters. The smallest absolute Gasteiger partial charge is 0.312 e. The number of hydrogen-bond acceptors (Lipinski definition) is 5. The van der Waals surface area contributed by atoms with Crippen LogP contribution in [-0.4, -0.2) is 38.4 Å². The largest absolute Gasteiger partial charge is 0.392 e. The third-order valence-electron chi connectivity index (χ3n) is 3.63. The zero-order valence-corrected chi connectivity index (χ0v) is 13.8. The number of rotatable bonds is 6. The third-order valence-corrected chi connectivity index (χ3v) is 3.63. The molecule has 0 spiro atoms. The van der Waals surface area contributed by atoms with E-state index in [0.29, 0.717) is 23.5 Å². The molecule has 0 fully saturated rings. The predicted molar refractivity (Wildman–Crippen MR) is 87.9 cm³/mol. The highest BCUT2D eigenvalue weighted by molar-refractivity contribution is 5.94. The fourth-order valence-corrected chi connectivity index (χ4v) is 2.38. The van der Waals surface area contributed by atoms with Gasteiger partial charge < -0.3 is 10.4 Å². The Labute approximate surface area is 139 Å². The van der Waals surface area contributed by atoms with E-state index < -0.39 is 11.0 Å². The van der Waals surface area contributed by atoms with Crippen molar-refractivity contribution >= 4 is 11.6 Å². The average Bonchev–Trinajstić information content (AvgIpc) is 2.79. The van der Waals surface area contributed by atoms with Crippen LogP contribution in [0.1, 0.15) is 34.2 Å². The van der Waals surface area contributed by atoms with E-state index in [-0.39, 0.29) is 18.1 Å². The van der Waals surface area contributed by atoms with E-state index >= 15 is 0 Å². The molecule has 0 radical (unpaired) electrons. The molecule has 0 aliphatic heterocycles. The number of aryl methyl sites for hydroxylation is 1. The van der Waals surface area contributed by atoms with Gasteiger partial charge in [-0.2, -0.15) is 5.10 Å². The summed E-state index contributed by atoms with van der Waals surface area (Å²) in [7, 11) is 0. The first kappa shape index (κ1) is 17.6. The molecule has 1 aromatic carbocycles. The van der Waals surface area contributed by atoms with Crippen molar-refractivity contribution in [2.45, 2.75) is 33.4 Å². The summed E-state index contributed by atoms with van der Waals surface area (Å²) in [5.41, 5.74) is 2.27. The van der Waals surface area contributed by atoms with Gasteiger partial charge in [0.2, 0.25) is 0 Å². The molecule has 0 aliphatic rings. The van der Waals surface area contributed by atoms with Gasteiger partial charge in [0.25, 0.3) is 5.91 Å². The Morgan fingerprint density at radius 1 is 1.38 bits per heavy atom. The van der Waals surface area contributed by atoms with Crippen LogP contribution in [0.25, 0.3) is 0 Å². The molecule has 0 saturated carbocycles. The summed E-state index contributed by atoms with van der Waals surface area (Å²) >= 11 is 0. The summed E-state index contributed by atoms with van der Waals surface area (Å²) in [6.07, 6.45) is -0.602. The molecule has 2 aromatic rings. The van der Waals surface area contributed by atoms with Crippen molar-refractivity contribution in [2.24, 2.45) is 0 Å². The first-order chi connectivity index (χ1) is 11.3. The third kappa shape index (κ3) is 3.96. The Morgan fingerprint density at radius 2 is 2.00 bits per heavy atom. The first-order valence-corrected chi connectivity index (χ1v) is 7.53. The van der Waals surface area contributed by atoms with Gasteiger partial charge in [0.05, 0.1) is 17.6 Å². The molecule has 2 N–H and O–H groups in total. The lowest BCUT2D eigenvalue weighted by Crippen LogP contribution is -2.30. The number of aromatic nitrogens is 2. The predicted octanol–water partition coefficient (Wildman–Crippen LogP) is 1.57. The molecular formula is C16H20N4O4. The lowest BCUT2D eigenvalue weighted by Gasteiger charge is -2.08. The lowest BCUT2D eigenvalue weighted by atomic mass is 10.1. The Hall–Kier alpha value is -2.74. The van der Waals surface area contributed by atoms with E-state index in [0.717, 1.165) is 5.56 Å². The molecule has 24 heavy (non-hydrogen) atoms. The number of benzene rings is 1. The molecule has 1 atom stereocenters. The molecule has 0 aliphatic carbocycles. The monoisotopic (exact) mass is 332 g/mol. The average molecular weight is 332 g/mol. The minimum Gasteiger partial charge on any atom is -0.392 e. The summed E-state index contributed by atoms with van der Waals surface area (Å²) < 4.78 is 1.58. The van der Waals surface area contributed by atoms with Gasteiger partial charge in [-0.1, -0.05) is 12.1 Å². The van der Waals surface area contributed by atoms with Crippen LogP contribution in [0.15, 0.2) is 24.3 Å². The van der Waals surface area contributed by atoms with Crippen LogP contribution < -0.4 is 5.32 Å². The van der Waals surface area contributed by atoms with Crippen LogP contribution >= 0.6 is 0 Å². The summed E-state index contributed by atoms with van der Waals surface area (Å²) in [6.45, 7) is 5.44. The number of nitrogens with one attached hydrogen (secondary N) is 1. The number of carbonyl (C=O) groups is 1. The van der Waals surface area contributed by atoms with Crippen molar-refractivity contribution in [3.05, 3.63) is 56.9 Å². The molecule has 1 heterocycles. The van der Waals surface area contributed by atoms with E-state index in [4.69, 9.17) is 0 Å². The van der Waals surface area contributed by atoms with Gasteiger partial charge in [0.1, 0.15) is 11.4 Å². The van der Waals surface area contributed by atoms with Gasteiger partial charge in [-0.25, -0.2) is 0 Å². The van der Waals surface area contributed by atoms with Gasteiger partial charge in [-0.15, -0.1) is 0 Å². The van der Waals surface area contributed by atoms with Crippen LogP contribution in [0.3, 0.4) is 0 Å². The fourth-order valence-electron chi connectivity index (χ4n) is 2.38. The Balaban J connectivity index is 2.11. The van der Waals surface area contributed by atoms with Crippen molar-refractivity contribution in [1.29, 1.82) is 0 Å². The molecule has 0 saturated heterocycles. The van der Waals surface area contributed by atoms with Crippen molar-refractivity contribution in [3.8, 4) is 0 Å². The molecule has 1 amide bonds. The topological polar surface area (TPSA) is 110 Å². The van der Waals surface area contributed by atoms with E-state index in [9.17, 15) is 20.0 Å². The Kier molecular flexibility index (Phi) is 5.30. The summed E-state index contributed by atoms with van der Waals surface area (Å²) in [5, 5.41) is 27.0. The maximum atomic E-state index is 11.9. The summed E-state index contributed by atoms with van der Waals surface area (Å²) in [4.78, 5) is 22.5. The fraction of sp³-hybridized carbons (Fsp3) is 0.375. The zero-order chi connectivity index (χ0) is 17.9. The molecular weight excluding hydrogens is 312 g/mol. The maximum Gasteiger partial charge on any atom is 0.312 e. The van der Waals surface area contributed by atoms with Crippen molar-refractivity contribution in [3.63, 3.8) is 0 Å². The molecule has 2 rings (SSSR count). The Bertz CT molecular complexity index is 750. The molecule has 8 heteroatoms. The van der Waals surface area contributed by atoms with Crippen LogP contribution in [0.4, 0.5) is 5.69 Å². The normalized spacial score (nSPS) is 12.0. The van der Waals surface area contributed by atoms with Gasteiger partial charge in [0, 0.05) is 12.1 Å². The minimum atomic E-state index is -0.602. The number of hydrogen-bond donors (Lipinski definition) is 2. The number of aliphatic hydroxyl groups is 1. The second kappa shape index (κ2) is 7.22. The first-order valence-electron chi connectivity index (χ1n) is 7.53. The number of amides is 1. The number of nitro groups is 1. The standard InChI is InChI=1S/C16H20N4O4/c1-10(21)8-17-16(22)14-6-4-13(5-7-14)9-19-12(3)15(20(23)24)11(2)18-19/h4-7,10,21H,8-9H2,1-3H3,(H,17,22).